The quantitative estimate of drug-likeness (QED) is 0.589. The van der Waals surface area contributed by atoms with Gasteiger partial charge in [0.1, 0.15) is 6.10 Å². The summed E-state index contributed by atoms with van der Waals surface area (Å²) in [6, 6.07) is 7.83. The molecule has 0 radical (unpaired) electrons. The lowest BCUT2D eigenvalue weighted by Crippen LogP contribution is -2.07. The van der Waals surface area contributed by atoms with E-state index in [1.54, 1.807) is 6.21 Å². The first-order valence-electron chi connectivity index (χ1n) is 3.64. The maximum atomic E-state index is 9.41. The van der Waals surface area contributed by atoms with Gasteiger partial charge in [-0.1, -0.05) is 24.3 Å². The van der Waals surface area contributed by atoms with Crippen molar-refractivity contribution in [3.63, 3.8) is 0 Å². The van der Waals surface area contributed by atoms with Crippen molar-refractivity contribution in [3.8, 4) is 0 Å². The van der Waals surface area contributed by atoms with E-state index in [4.69, 9.17) is 0 Å². The van der Waals surface area contributed by atoms with Crippen LogP contribution in [0.2, 0.25) is 0 Å². The second-order valence-electron chi connectivity index (χ2n) is 2.63. The summed E-state index contributed by atoms with van der Waals surface area (Å²) in [5, 5.41) is 9.41. The van der Waals surface area contributed by atoms with Crippen LogP contribution in [0.15, 0.2) is 29.3 Å². The average molecular weight is 147 g/mol. The van der Waals surface area contributed by atoms with E-state index in [1.165, 1.54) is 0 Å². The van der Waals surface area contributed by atoms with Crippen molar-refractivity contribution >= 4 is 6.21 Å². The lowest BCUT2D eigenvalue weighted by Gasteiger charge is -2.14. The molecule has 0 aliphatic carbocycles. The lowest BCUT2D eigenvalue weighted by molar-refractivity contribution is 0.248. The number of hydrogen-bond donors (Lipinski definition) is 1. The summed E-state index contributed by atoms with van der Waals surface area (Å²) in [6.45, 7) is 0.702. The van der Waals surface area contributed by atoms with Crippen LogP contribution in [0, 0.1) is 0 Å². The molecule has 11 heavy (non-hydrogen) atoms. The molecule has 0 saturated heterocycles. The number of rotatable bonds is 0. The molecule has 2 rings (SSSR count). The van der Waals surface area contributed by atoms with Crippen LogP contribution in [0.4, 0.5) is 0 Å². The van der Waals surface area contributed by atoms with E-state index in [0.717, 1.165) is 11.1 Å². The first-order valence-corrected chi connectivity index (χ1v) is 3.64. The number of aliphatic hydroxyl groups excluding tert-OH is 1. The fourth-order valence-corrected chi connectivity index (χ4v) is 1.30. The maximum Gasteiger partial charge on any atom is 0.114 e. The molecule has 0 saturated carbocycles. The van der Waals surface area contributed by atoms with Crippen LogP contribution in [0.3, 0.4) is 0 Å². The topological polar surface area (TPSA) is 32.6 Å². The van der Waals surface area contributed by atoms with E-state index < -0.39 is 6.10 Å². The Hall–Kier alpha value is -1.15. The predicted octanol–water partition coefficient (Wildman–Crippen LogP) is 1.30. The second-order valence-corrected chi connectivity index (χ2v) is 2.63. The standard InChI is InChI=1S/C9H9NO/c11-9-6-10-5-7-3-1-2-4-8(7)9/h1-4,6,9,11H,5H2. The van der Waals surface area contributed by atoms with E-state index >= 15 is 0 Å². The SMILES string of the molecule is OC1C=NCc2ccccc21. The minimum atomic E-state index is -0.500. The third kappa shape index (κ3) is 1.05. The van der Waals surface area contributed by atoms with Gasteiger partial charge >= 0.3 is 0 Å². The van der Waals surface area contributed by atoms with Crippen molar-refractivity contribution in [1.29, 1.82) is 0 Å². The monoisotopic (exact) mass is 147 g/mol. The smallest absolute Gasteiger partial charge is 0.114 e. The molecule has 2 heteroatoms. The van der Waals surface area contributed by atoms with Gasteiger partial charge in [0.25, 0.3) is 0 Å². The first kappa shape index (κ1) is 6.55. The Kier molecular flexibility index (Phi) is 1.47. The zero-order valence-electron chi connectivity index (χ0n) is 6.07. The summed E-state index contributed by atoms with van der Waals surface area (Å²) in [4.78, 5) is 4.02. The first-order chi connectivity index (χ1) is 5.38. The molecular weight excluding hydrogens is 138 g/mol. The fourth-order valence-electron chi connectivity index (χ4n) is 1.30. The number of hydrogen-bond acceptors (Lipinski definition) is 2. The highest BCUT2D eigenvalue weighted by molar-refractivity contribution is 5.68. The summed E-state index contributed by atoms with van der Waals surface area (Å²) >= 11 is 0. The number of aliphatic imine (C=N–C) groups is 1. The molecule has 1 aromatic carbocycles. The van der Waals surface area contributed by atoms with Crippen LogP contribution in [0.5, 0.6) is 0 Å². The molecule has 0 spiro atoms. The van der Waals surface area contributed by atoms with E-state index in [-0.39, 0.29) is 0 Å². The highest BCUT2D eigenvalue weighted by Crippen LogP contribution is 2.20. The van der Waals surface area contributed by atoms with Crippen LogP contribution in [-0.4, -0.2) is 11.3 Å². The maximum absolute atomic E-state index is 9.41. The second kappa shape index (κ2) is 2.47. The van der Waals surface area contributed by atoms with Gasteiger partial charge in [-0.25, -0.2) is 0 Å². The van der Waals surface area contributed by atoms with Gasteiger partial charge in [-0.2, -0.15) is 0 Å². The van der Waals surface area contributed by atoms with Gasteiger partial charge in [0.2, 0.25) is 0 Å². The molecule has 1 aliphatic heterocycles. The summed E-state index contributed by atoms with van der Waals surface area (Å²) < 4.78 is 0. The Morgan fingerprint density at radius 2 is 2.18 bits per heavy atom. The van der Waals surface area contributed by atoms with Gasteiger partial charge in [-0.3, -0.25) is 4.99 Å². The van der Waals surface area contributed by atoms with Crippen LogP contribution in [0.1, 0.15) is 17.2 Å². The predicted molar refractivity (Wildman–Crippen MR) is 43.6 cm³/mol. The van der Waals surface area contributed by atoms with E-state index in [2.05, 4.69) is 4.99 Å². The Morgan fingerprint density at radius 1 is 1.36 bits per heavy atom. The van der Waals surface area contributed by atoms with Gasteiger partial charge in [0.15, 0.2) is 0 Å². The van der Waals surface area contributed by atoms with Crippen LogP contribution in [0.25, 0.3) is 0 Å². The molecular formula is C9H9NO. The Labute approximate surface area is 65.2 Å². The molecule has 1 unspecified atom stereocenters. The molecule has 56 valence electrons. The zero-order valence-corrected chi connectivity index (χ0v) is 6.07. The molecule has 1 aromatic rings. The highest BCUT2D eigenvalue weighted by Gasteiger charge is 2.12. The lowest BCUT2D eigenvalue weighted by atomic mass is 10.0. The van der Waals surface area contributed by atoms with Crippen molar-refractivity contribution < 1.29 is 5.11 Å². The van der Waals surface area contributed by atoms with Crippen molar-refractivity contribution in [2.24, 2.45) is 4.99 Å². The van der Waals surface area contributed by atoms with E-state index in [1.807, 2.05) is 24.3 Å². The van der Waals surface area contributed by atoms with Gasteiger partial charge in [0, 0.05) is 6.21 Å². The minimum Gasteiger partial charge on any atom is -0.383 e. The fraction of sp³-hybridized carbons (Fsp3) is 0.222. The number of fused-ring (bicyclic) bond motifs is 1. The Morgan fingerprint density at radius 3 is 3.00 bits per heavy atom. The number of aliphatic hydroxyl groups is 1. The Balaban J connectivity index is 2.50. The molecule has 1 aliphatic rings. The van der Waals surface area contributed by atoms with Gasteiger partial charge < -0.3 is 5.11 Å². The van der Waals surface area contributed by atoms with Crippen molar-refractivity contribution in [3.05, 3.63) is 35.4 Å². The summed E-state index contributed by atoms with van der Waals surface area (Å²) in [7, 11) is 0. The molecule has 1 heterocycles. The summed E-state index contributed by atoms with van der Waals surface area (Å²) in [6.07, 6.45) is 1.09. The minimum absolute atomic E-state index is 0.500. The molecule has 0 fully saturated rings. The normalized spacial score (nSPS) is 21.4. The highest BCUT2D eigenvalue weighted by atomic mass is 16.3. The van der Waals surface area contributed by atoms with Crippen molar-refractivity contribution in [2.45, 2.75) is 12.6 Å². The number of benzene rings is 1. The number of nitrogens with zero attached hydrogens (tertiary/aromatic N) is 1. The van der Waals surface area contributed by atoms with Gasteiger partial charge in [-0.05, 0) is 11.1 Å². The van der Waals surface area contributed by atoms with Crippen LogP contribution >= 0.6 is 0 Å². The molecule has 2 nitrogen and oxygen atoms in total. The van der Waals surface area contributed by atoms with E-state index in [9.17, 15) is 5.11 Å². The van der Waals surface area contributed by atoms with Crippen molar-refractivity contribution in [1.82, 2.24) is 0 Å². The van der Waals surface area contributed by atoms with Gasteiger partial charge in [0.05, 0.1) is 6.54 Å². The Bertz CT molecular complexity index is 293. The summed E-state index contributed by atoms with van der Waals surface area (Å²) in [5.74, 6) is 0. The molecule has 0 aromatic heterocycles. The summed E-state index contributed by atoms with van der Waals surface area (Å²) in [5.41, 5.74) is 2.12. The third-order valence-electron chi connectivity index (χ3n) is 1.88. The van der Waals surface area contributed by atoms with Gasteiger partial charge in [-0.15, -0.1) is 0 Å². The third-order valence-corrected chi connectivity index (χ3v) is 1.88. The van der Waals surface area contributed by atoms with Crippen LogP contribution in [-0.2, 0) is 6.54 Å². The molecule has 0 amide bonds. The van der Waals surface area contributed by atoms with E-state index in [0.29, 0.717) is 6.54 Å². The van der Waals surface area contributed by atoms with Crippen LogP contribution < -0.4 is 0 Å². The van der Waals surface area contributed by atoms with Crippen molar-refractivity contribution in [2.75, 3.05) is 0 Å². The largest absolute Gasteiger partial charge is 0.383 e. The zero-order chi connectivity index (χ0) is 7.68. The molecule has 1 N–H and O–H groups in total. The molecule has 0 bridgehead atoms. The molecule has 1 atom stereocenters. The average Bonchev–Trinajstić information content (AvgIpc) is 2.06.